The van der Waals surface area contributed by atoms with Crippen molar-refractivity contribution in [3.8, 4) is 0 Å². The van der Waals surface area contributed by atoms with Crippen LogP contribution >= 0.6 is 11.6 Å². The zero-order valence-corrected chi connectivity index (χ0v) is 11.2. The SMILES string of the molecule is Nc1c(Nc2cccc(Cl)c2F)ccc2ncccc12. The number of benzene rings is 2. The molecule has 3 nitrogen and oxygen atoms in total. The van der Waals surface area contributed by atoms with Crippen LogP contribution in [0.2, 0.25) is 5.02 Å². The number of aromatic nitrogens is 1. The molecule has 0 spiro atoms. The molecular weight excluding hydrogens is 277 g/mol. The molecule has 0 atom stereocenters. The van der Waals surface area contributed by atoms with Gasteiger partial charge in [0, 0.05) is 11.6 Å². The molecule has 100 valence electrons. The summed E-state index contributed by atoms with van der Waals surface area (Å²) in [4.78, 5) is 4.22. The molecule has 0 amide bonds. The normalized spacial score (nSPS) is 10.7. The first-order valence-electron chi connectivity index (χ1n) is 6.01. The molecule has 2 aromatic carbocycles. The van der Waals surface area contributed by atoms with Crippen molar-refractivity contribution in [2.45, 2.75) is 0 Å². The smallest absolute Gasteiger partial charge is 0.165 e. The number of halogens is 2. The lowest BCUT2D eigenvalue weighted by Gasteiger charge is -2.12. The first-order chi connectivity index (χ1) is 9.66. The van der Waals surface area contributed by atoms with Gasteiger partial charge in [-0.25, -0.2) is 4.39 Å². The Balaban J connectivity index is 2.07. The number of nitrogen functional groups attached to an aromatic ring is 1. The average Bonchev–Trinajstić information content (AvgIpc) is 2.47. The van der Waals surface area contributed by atoms with Gasteiger partial charge in [0.05, 0.1) is 27.6 Å². The lowest BCUT2D eigenvalue weighted by Crippen LogP contribution is -1.99. The van der Waals surface area contributed by atoms with E-state index < -0.39 is 5.82 Å². The minimum atomic E-state index is -0.500. The Hall–Kier alpha value is -2.33. The quantitative estimate of drug-likeness (QED) is 0.689. The van der Waals surface area contributed by atoms with Gasteiger partial charge in [0.2, 0.25) is 0 Å². The van der Waals surface area contributed by atoms with Crippen molar-refractivity contribution in [2.24, 2.45) is 0 Å². The molecule has 0 saturated carbocycles. The van der Waals surface area contributed by atoms with Crippen molar-refractivity contribution in [1.82, 2.24) is 4.98 Å². The van der Waals surface area contributed by atoms with Gasteiger partial charge in [0.25, 0.3) is 0 Å². The maximum Gasteiger partial charge on any atom is 0.165 e. The van der Waals surface area contributed by atoms with E-state index in [9.17, 15) is 4.39 Å². The highest BCUT2D eigenvalue weighted by molar-refractivity contribution is 6.31. The predicted molar refractivity (Wildman–Crippen MR) is 80.8 cm³/mol. The standard InChI is InChI=1S/C15H11ClFN3/c16-10-4-1-5-12(14(10)17)20-13-7-6-11-9(15(13)18)3-2-8-19-11/h1-8,20H,18H2. The van der Waals surface area contributed by atoms with Crippen molar-refractivity contribution in [1.29, 1.82) is 0 Å². The molecular formula is C15H11ClFN3. The number of fused-ring (bicyclic) bond motifs is 1. The van der Waals surface area contributed by atoms with Crippen LogP contribution in [0.5, 0.6) is 0 Å². The Kier molecular flexibility index (Phi) is 3.16. The maximum atomic E-state index is 13.9. The van der Waals surface area contributed by atoms with Gasteiger partial charge in [-0.3, -0.25) is 4.98 Å². The van der Waals surface area contributed by atoms with Gasteiger partial charge in [0.1, 0.15) is 0 Å². The number of hydrogen-bond donors (Lipinski definition) is 2. The summed E-state index contributed by atoms with van der Waals surface area (Å²) in [5.74, 6) is -0.500. The second-order valence-electron chi connectivity index (χ2n) is 4.32. The molecule has 20 heavy (non-hydrogen) atoms. The van der Waals surface area contributed by atoms with E-state index >= 15 is 0 Å². The monoisotopic (exact) mass is 287 g/mol. The Morgan fingerprint density at radius 3 is 2.75 bits per heavy atom. The number of pyridine rings is 1. The molecule has 3 rings (SSSR count). The first-order valence-corrected chi connectivity index (χ1v) is 6.39. The van der Waals surface area contributed by atoms with Crippen LogP contribution in [0.1, 0.15) is 0 Å². The summed E-state index contributed by atoms with van der Waals surface area (Å²) in [6.45, 7) is 0. The van der Waals surface area contributed by atoms with Gasteiger partial charge in [-0.15, -0.1) is 0 Å². The minimum Gasteiger partial charge on any atom is -0.396 e. The van der Waals surface area contributed by atoms with Gasteiger partial charge < -0.3 is 11.1 Å². The summed E-state index contributed by atoms with van der Waals surface area (Å²) in [5, 5.41) is 3.85. The molecule has 1 aromatic heterocycles. The van der Waals surface area contributed by atoms with Gasteiger partial charge in [-0.1, -0.05) is 17.7 Å². The number of nitrogens with zero attached hydrogens (tertiary/aromatic N) is 1. The van der Waals surface area contributed by atoms with Crippen LogP contribution in [0, 0.1) is 5.82 Å². The van der Waals surface area contributed by atoms with Crippen LogP contribution in [-0.4, -0.2) is 4.98 Å². The first kappa shape index (κ1) is 12.7. The van der Waals surface area contributed by atoms with Crippen LogP contribution in [0.4, 0.5) is 21.5 Å². The fourth-order valence-electron chi connectivity index (χ4n) is 2.03. The Morgan fingerprint density at radius 2 is 1.90 bits per heavy atom. The molecule has 0 bridgehead atoms. The highest BCUT2D eigenvalue weighted by atomic mass is 35.5. The second kappa shape index (κ2) is 4.98. The van der Waals surface area contributed by atoms with E-state index in [0.717, 1.165) is 10.9 Å². The summed E-state index contributed by atoms with van der Waals surface area (Å²) >= 11 is 5.76. The summed E-state index contributed by atoms with van der Waals surface area (Å²) < 4.78 is 13.9. The average molecular weight is 288 g/mol. The molecule has 0 saturated heterocycles. The zero-order chi connectivity index (χ0) is 14.1. The fraction of sp³-hybridized carbons (Fsp3) is 0. The van der Waals surface area contributed by atoms with E-state index in [-0.39, 0.29) is 10.7 Å². The lowest BCUT2D eigenvalue weighted by molar-refractivity contribution is 0.632. The van der Waals surface area contributed by atoms with Crippen LogP contribution in [0.15, 0.2) is 48.7 Å². The predicted octanol–water partition coefficient (Wildman–Crippen LogP) is 4.35. The summed E-state index contributed by atoms with van der Waals surface area (Å²) in [7, 11) is 0. The largest absolute Gasteiger partial charge is 0.396 e. The van der Waals surface area contributed by atoms with E-state index in [0.29, 0.717) is 11.4 Å². The summed E-state index contributed by atoms with van der Waals surface area (Å²) in [5.41, 5.74) is 8.32. The van der Waals surface area contributed by atoms with Gasteiger partial charge in [-0.05, 0) is 36.4 Å². The highest BCUT2D eigenvalue weighted by Gasteiger charge is 2.09. The minimum absolute atomic E-state index is 0.0658. The number of anilines is 3. The Bertz CT molecular complexity index is 789. The highest BCUT2D eigenvalue weighted by Crippen LogP contribution is 2.32. The number of nitrogens with one attached hydrogen (secondary N) is 1. The second-order valence-corrected chi connectivity index (χ2v) is 4.73. The fourth-order valence-corrected chi connectivity index (χ4v) is 2.20. The Morgan fingerprint density at radius 1 is 1.05 bits per heavy atom. The molecule has 0 radical (unpaired) electrons. The molecule has 0 aliphatic carbocycles. The third-order valence-corrected chi connectivity index (χ3v) is 3.34. The van der Waals surface area contributed by atoms with Crippen molar-refractivity contribution < 1.29 is 4.39 Å². The van der Waals surface area contributed by atoms with E-state index in [2.05, 4.69) is 10.3 Å². The topological polar surface area (TPSA) is 50.9 Å². The van der Waals surface area contributed by atoms with Crippen LogP contribution in [0.3, 0.4) is 0 Å². The molecule has 0 fully saturated rings. The van der Waals surface area contributed by atoms with Crippen molar-refractivity contribution in [3.63, 3.8) is 0 Å². The zero-order valence-electron chi connectivity index (χ0n) is 10.4. The molecule has 1 heterocycles. The third kappa shape index (κ3) is 2.14. The van der Waals surface area contributed by atoms with Gasteiger partial charge >= 0.3 is 0 Å². The summed E-state index contributed by atoms with van der Waals surface area (Å²) in [6.07, 6.45) is 1.70. The van der Waals surface area contributed by atoms with Gasteiger partial charge in [0.15, 0.2) is 5.82 Å². The number of hydrogen-bond acceptors (Lipinski definition) is 3. The lowest BCUT2D eigenvalue weighted by atomic mass is 10.1. The van der Waals surface area contributed by atoms with Crippen molar-refractivity contribution >= 4 is 39.6 Å². The van der Waals surface area contributed by atoms with E-state index in [1.807, 2.05) is 18.2 Å². The van der Waals surface area contributed by atoms with E-state index in [1.54, 1.807) is 24.4 Å². The molecule has 3 aromatic rings. The van der Waals surface area contributed by atoms with Gasteiger partial charge in [-0.2, -0.15) is 0 Å². The molecule has 0 unspecified atom stereocenters. The third-order valence-electron chi connectivity index (χ3n) is 3.05. The molecule has 5 heteroatoms. The van der Waals surface area contributed by atoms with Crippen molar-refractivity contribution in [2.75, 3.05) is 11.1 Å². The van der Waals surface area contributed by atoms with E-state index in [1.165, 1.54) is 6.07 Å². The number of rotatable bonds is 2. The Labute approximate surface area is 120 Å². The molecule has 0 aliphatic heterocycles. The number of nitrogens with two attached hydrogens (primary N) is 1. The molecule has 3 N–H and O–H groups in total. The molecule has 0 aliphatic rings. The van der Waals surface area contributed by atoms with E-state index in [4.69, 9.17) is 17.3 Å². The van der Waals surface area contributed by atoms with Crippen molar-refractivity contribution in [3.05, 3.63) is 59.5 Å². The van der Waals surface area contributed by atoms with Crippen LogP contribution in [-0.2, 0) is 0 Å². The van der Waals surface area contributed by atoms with Crippen LogP contribution in [0.25, 0.3) is 10.9 Å². The summed E-state index contributed by atoms with van der Waals surface area (Å²) in [6, 6.07) is 12.1. The maximum absolute atomic E-state index is 13.9. The van der Waals surface area contributed by atoms with Crippen LogP contribution < -0.4 is 11.1 Å².